The summed E-state index contributed by atoms with van der Waals surface area (Å²) in [4.78, 5) is 23.1. The van der Waals surface area contributed by atoms with Gasteiger partial charge in [0, 0.05) is 25.7 Å². The second kappa shape index (κ2) is 9.52. The SMILES string of the molecule is O=C(OCc1ccccc1)N1CCC(Nc2ncnc3c2cnn3C2CCCCO2)CC1. The summed E-state index contributed by atoms with van der Waals surface area (Å²) in [5, 5.41) is 8.96. The number of ether oxygens (including phenoxy) is 2. The molecule has 0 radical (unpaired) electrons. The first-order valence-corrected chi connectivity index (χ1v) is 11.3. The van der Waals surface area contributed by atoms with Crippen molar-refractivity contribution in [2.24, 2.45) is 0 Å². The van der Waals surface area contributed by atoms with Crippen LogP contribution >= 0.6 is 0 Å². The summed E-state index contributed by atoms with van der Waals surface area (Å²) in [6, 6.07) is 9.96. The van der Waals surface area contributed by atoms with Gasteiger partial charge < -0.3 is 19.7 Å². The smallest absolute Gasteiger partial charge is 0.410 e. The van der Waals surface area contributed by atoms with E-state index in [0.29, 0.717) is 19.7 Å². The van der Waals surface area contributed by atoms with Crippen molar-refractivity contribution in [3.63, 3.8) is 0 Å². The van der Waals surface area contributed by atoms with Gasteiger partial charge in [0.15, 0.2) is 11.9 Å². The maximum Gasteiger partial charge on any atom is 0.410 e. The minimum Gasteiger partial charge on any atom is -0.445 e. The van der Waals surface area contributed by atoms with E-state index < -0.39 is 0 Å². The van der Waals surface area contributed by atoms with Crippen molar-refractivity contribution >= 4 is 22.9 Å². The van der Waals surface area contributed by atoms with Crippen molar-refractivity contribution in [3.05, 3.63) is 48.4 Å². The number of fused-ring (bicyclic) bond motifs is 1. The van der Waals surface area contributed by atoms with E-state index in [1.807, 2.05) is 41.2 Å². The Morgan fingerprint density at radius 2 is 1.97 bits per heavy atom. The Labute approximate surface area is 186 Å². The Balaban J connectivity index is 1.17. The van der Waals surface area contributed by atoms with Gasteiger partial charge in [-0.1, -0.05) is 30.3 Å². The zero-order valence-electron chi connectivity index (χ0n) is 18.0. The van der Waals surface area contributed by atoms with Crippen molar-refractivity contribution in [2.75, 3.05) is 25.0 Å². The third-order valence-electron chi connectivity index (χ3n) is 6.12. The first-order chi connectivity index (χ1) is 15.8. The number of carbonyl (C=O) groups is 1. The molecule has 2 fully saturated rings. The highest BCUT2D eigenvalue weighted by molar-refractivity contribution is 5.86. The molecule has 0 saturated carbocycles. The number of rotatable bonds is 5. The van der Waals surface area contributed by atoms with Gasteiger partial charge in [-0.05, 0) is 37.7 Å². The molecule has 1 N–H and O–H groups in total. The summed E-state index contributed by atoms with van der Waals surface area (Å²) in [6.45, 7) is 2.35. The topological polar surface area (TPSA) is 94.4 Å². The fraction of sp³-hybridized carbons (Fsp3) is 0.478. The Morgan fingerprint density at radius 1 is 1.12 bits per heavy atom. The maximum absolute atomic E-state index is 12.4. The zero-order valence-corrected chi connectivity index (χ0v) is 18.0. The van der Waals surface area contributed by atoms with Crippen LogP contribution in [0.25, 0.3) is 11.0 Å². The molecule has 2 aliphatic rings. The van der Waals surface area contributed by atoms with Crippen LogP contribution in [0.2, 0.25) is 0 Å². The number of carbonyl (C=O) groups excluding carboxylic acids is 1. The van der Waals surface area contributed by atoms with Gasteiger partial charge in [-0.15, -0.1) is 0 Å². The minimum atomic E-state index is -0.259. The lowest BCUT2D eigenvalue weighted by atomic mass is 10.1. The predicted molar refractivity (Wildman–Crippen MR) is 119 cm³/mol. The van der Waals surface area contributed by atoms with E-state index in [2.05, 4.69) is 20.4 Å². The van der Waals surface area contributed by atoms with E-state index in [1.54, 1.807) is 11.2 Å². The summed E-state index contributed by atoms with van der Waals surface area (Å²) >= 11 is 0. The van der Waals surface area contributed by atoms with Crippen molar-refractivity contribution in [1.29, 1.82) is 0 Å². The van der Waals surface area contributed by atoms with Crippen LogP contribution in [0.15, 0.2) is 42.9 Å². The Kier molecular flexibility index (Phi) is 6.15. The van der Waals surface area contributed by atoms with Crippen LogP contribution in [0, 0.1) is 0 Å². The third kappa shape index (κ3) is 4.52. The van der Waals surface area contributed by atoms with E-state index in [1.165, 1.54) is 0 Å². The highest BCUT2D eigenvalue weighted by Gasteiger charge is 2.25. The summed E-state index contributed by atoms with van der Waals surface area (Å²) < 4.78 is 13.2. The Bertz CT molecular complexity index is 1040. The molecule has 168 valence electrons. The molecule has 2 saturated heterocycles. The molecule has 2 aliphatic heterocycles. The molecule has 1 amide bonds. The molecule has 3 aromatic rings. The van der Waals surface area contributed by atoms with Crippen LogP contribution < -0.4 is 5.32 Å². The molecular formula is C23H28N6O3. The third-order valence-corrected chi connectivity index (χ3v) is 6.12. The van der Waals surface area contributed by atoms with Crippen LogP contribution in [-0.2, 0) is 16.1 Å². The number of hydrogen-bond donors (Lipinski definition) is 1. The summed E-state index contributed by atoms with van der Waals surface area (Å²) in [5.41, 5.74) is 1.78. The molecule has 2 aromatic heterocycles. The van der Waals surface area contributed by atoms with Gasteiger partial charge in [0.05, 0.1) is 11.6 Å². The van der Waals surface area contributed by atoms with Crippen molar-refractivity contribution < 1.29 is 14.3 Å². The van der Waals surface area contributed by atoms with Crippen LogP contribution in [0.3, 0.4) is 0 Å². The van der Waals surface area contributed by atoms with E-state index in [-0.39, 0.29) is 18.4 Å². The molecule has 9 nitrogen and oxygen atoms in total. The average Bonchev–Trinajstić information content (AvgIpc) is 3.29. The number of benzene rings is 1. The molecule has 1 atom stereocenters. The molecule has 1 unspecified atom stereocenters. The van der Waals surface area contributed by atoms with Gasteiger partial charge in [-0.3, -0.25) is 0 Å². The van der Waals surface area contributed by atoms with Gasteiger partial charge in [0.2, 0.25) is 0 Å². The molecule has 1 aromatic carbocycles. The van der Waals surface area contributed by atoms with Gasteiger partial charge in [-0.25, -0.2) is 19.4 Å². The van der Waals surface area contributed by atoms with Gasteiger partial charge >= 0.3 is 6.09 Å². The second-order valence-corrected chi connectivity index (χ2v) is 8.32. The van der Waals surface area contributed by atoms with Gasteiger partial charge in [-0.2, -0.15) is 5.10 Å². The second-order valence-electron chi connectivity index (χ2n) is 8.32. The fourth-order valence-electron chi connectivity index (χ4n) is 4.32. The zero-order chi connectivity index (χ0) is 21.8. The minimum absolute atomic E-state index is 0.0610. The van der Waals surface area contributed by atoms with E-state index in [4.69, 9.17) is 9.47 Å². The molecule has 5 rings (SSSR count). The van der Waals surface area contributed by atoms with Gasteiger partial charge in [0.25, 0.3) is 0 Å². The number of hydrogen-bond acceptors (Lipinski definition) is 7. The monoisotopic (exact) mass is 436 g/mol. The number of nitrogens with one attached hydrogen (secondary N) is 1. The number of amides is 1. The molecular weight excluding hydrogens is 408 g/mol. The number of aromatic nitrogens is 4. The predicted octanol–water partition coefficient (Wildman–Crippen LogP) is 3.74. The summed E-state index contributed by atoms with van der Waals surface area (Å²) in [7, 11) is 0. The normalized spacial score (nSPS) is 19.8. The van der Waals surface area contributed by atoms with E-state index >= 15 is 0 Å². The van der Waals surface area contributed by atoms with E-state index in [0.717, 1.165) is 61.1 Å². The van der Waals surface area contributed by atoms with Crippen molar-refractivity contribution in [2.45, 2.75) is 51.0 Å². The lowest BCUT2D eigenvalue weighted by molar-refractivity contribution is -0.0370. The maximum atomic E-state index is 12.4. The number of nitrogens with zero attached hydrogens (tertiary/aromatic N) is 5. The van der Waals surface area contributed by atoms with Crippen molar-refractivity contribution in [3.8, 4) is 0 Å². The molecule has 4 heterocycles. The van der Waals surface area contributed by atoms with Gasteiger partial charge in [0.1, 0.15) is 18.8 Å². The van der Waals surface area contributed by atoms with Crippen LogP contribution in [-0.4, -0.2) is 56.5 Å². The summed E-state index contributed by atoms with van der Waals surface area (Å²) in [5.74, 6) is 0.780. The molecule has 9 heteroatoms. The summed E-state index contributed by atoms with van der Waals surface area (Å²) in [6.07, 6.45) is 7.89. The first kappa shape index (κ1) is 20.7. The number of anilines is 1. The van der Waals surface area contributed by atoms with E-state index in [9.17, 15) is 4.79 Å². The lowest BCUT2D eigenvalue weighted by Crippen LogP contribution is -2.42. The lowest BCUT2D eigenvalue weighted by Gasteiger charge is -2.32. The Morgan fingerprint density at radius 3 is 2.75 bits per heavy atom. The molecule has 0 spiro atoms. The van der Waals surface area contributed by atoms with Crippen molar-refractivity contribution in [1.82, 2.24) is 24.6 Å². The number of likely N-dealkylation sites (tertiary alicyclic amines) is 1. The highest BCUT2D eigenvalue weighted by atomic mass is 16.6. The highest BCUT2D eigenvalue weighted by Crippen LogP contribution is 2.28. The number of piperidine rings is 1. The molecule has 32 heavy (non-hydrogen) atoms. The average molecular weight is 437 g/mol. The largest absolute Gasteiger partial charge is 0.445 e. The fourth-order valence-corrected chi connectivity index (χ4v) is 4.32. The van der Waals surface area contributed by atoms with Crippen LogP contribution in [0.1, 0.15) is 43.9 Å². The van der Waals surface area contributed by atoms with Crippen LogP contribution in [0.4, 0.5) is 10.6 Å². The first-order valence-electron chi connectivity index (χ1n) is 11.3. The standard InChI is InChI=1S/C23H28N6O3/c30-23(32-15-17-6-2-1-3-7-17)28-11-9-18(10-12-28)27-21-19-14-26-29(22(19)25-16-24-21)20-8-4-5-13-31-20/h1-3,6-7,14,16,18,20H,4-5,8-13,15H2,(H,24,25,27). The Hall–Kier alpha value is -3.20. The van der Waals surface area contributed by atoms with Crippen LogP contribution in [0.5, 0.6) is 0 Å². The molecule has 0 bridgehead atoms. The quantitative estimate of drug-likeness (QED) is 0.651. The molecule has 0 aliphatic carbocycles.